The summed E-state index contributed by atoms with van der Waals surface area (Å²) < 4.78 is 10.3. The maximum absolute atomic E-state index is 11.6. The van der Waals surface area contributed by atoms with Crippen LogP contribution in [0.4, 0.5) is 4.79 Å². The molecule has 1 amide bonds. The average Bonchev–Trinajstić information content (AvgIpc) is 2.46. The van der Waals surface area contributed by atoms with E-state index in [9.17, 15) is 4.79 Å². The molecule has 122 valence electrons. The summed E-state index contributed by atoms with van der Waals surface area (Å²) >= 11 is 5.82. The van der Waals surface area contributed by atoms with Crippen molar-refractivity contribution in [3.8, 4) is 5.75 Å². The van der Waals surface area contributed by atoms with Crippen LogP contribution in [0.2, 0.25) is 0 Å². The van der Waals surface area contributed by atoms with Crippen molar-refractivity contribution in [2.24, 2.45) is 0 Å². The molecule has 0 saturated heterocycles. The first-order chi connectivity index (χ1) is 10.3. The molecule has 22 heavy (non-hydrogen) atoms. The van der Waals surface area contributed by atoms with Gasteiger partial charge in [0.1, 0.15) is 11.4 Å². The molecule has 0 spiro atoms. The predicted octanol–water partition coefficient (Wildman–Crippen LogP) is 4.28. The Morgan fingerprint density at radius 2 is 1.91 bits per heavy atom. The molecule has 0 unspecified atom stereocenters. The number of nitrogens with one attached hydrogen (secondary N) is 1. The maximum atomic E-state index is 11.6. The third-order valence-corrected chi connectivity index (χ3v) is 3.22. The van der Waals surface area contributed by atoms with Crippen LogP contribution in [0.3, 0.4) is 0 Å². The lowest BCUT2D eigenvalue weighted by Crippen LogP contribution is -2.33. The summed E-state index contributed by atoms with van der Waals surface area (Å²) in [6.07, 6.45) is 1.18. The molecule has 0 saturated carbocycles. The van der Waals surface area contributed by atoms with E-state index in [0.29, 0.717) is 6.54 Å². The first-order valence-corrected chi connectivity index (χ1v) is 7.65. The van der Waals surface area contributed by atoms with Crippen LogP contribution >= 0.6 is 11.6 Å². The molecular weight excluding hydrogens is 302 g/mol. The predicted molar refractivity (Wildman–Crippen MR) is 89.5 cm³/mol. The molecule has 0 bridgehead atoms. The molecule has 0 heterocycles. The minimum absolute atomic E-state index is 0.384. The van der Waals surface area contributed by atoms with Gasteiger partial charge in [-0.25, -0.2) is 4.79 Å². The highest BCUT2D eigenvalue weighted by Crippen LogP contribution is 2.15. The summed E-state index contributed by atoms with van der Waals surface area (Å²) in [4.78, 5) is 11.6. The van der Waals surface area contributed by atoms with E-state index in [4.69, 9.17) is 21.1 Å². The second-order valence-corrected chi connectivity index (χ2v) is 6.19. The smallest absolute Gasteiger partial charge is 0.407 e. The second kappa shape index (κ2) is 8.69. The molecule has 5 heteroatoms. The van der Waals surface area contributed by atoms with E-state index in [1.54, 1.807) is 7.11 Å². The summed E-state index contributed by atoms with van der Waals surface area (Å²) in [5.74, 6) is 0.837. The van der Waals surface area contributed by atoms with Gasteiger partial charge in [-0.2, -0.15) is 0 Å². The Hall–Kier alpha value is -1.68. The minimum Gasteiger partial charge on any atom is -0.497 e. The number of carbonyl (C=O) groups excluding carboxylic acids is 1. The molecule has 1 aromatic carbocycles. The van der Waals surface area contributed by atoms with Gasteiger partial charge in [-0.05, 0) is 56.9 Å². The normalized spacial score (nSPS) is 12.0. The van der Waals surface area contributed by atoms with E-state index in [1.165, 1.54) is 11.1 Å². The van der Waals surface area contributed by atoms with Crippen LogP contribution in [-0.4, -0.2) is 25.3 Å². The van der Waals surface area contributed by atoms with Crippen molar-refractivity contribution in [1.29, 1.82) is 0 Å². The topological polar surface area (TPSA) is 47.6 Å². The summed E-state index contributed by atoms with van der Waals surface area (Å²) in [5.41, 5.74) is 3.15. The van der Waals surface area contributed by atoms with E-state index in [0.717, 1.165) is 24.2 Å². The summed E-state index contributed by atoms with van der Waals surface area (Å²) in [7, 11) is 1.64. The summed E-state index contributed by atoms with van der Waals surface area (Å²) in [5, 5.41) is 2.71. The Kier molecular flexibility index (Phi) is 7.25. The van der Waals surface area contributed by atoms with Crippen molar-refractivity contribution >= 4 is 17.7 Å². The first-order valence-electron chi connectivity index (χ1n) is 7.22. The lowest BCUT2D eigenvalue weighted by atomic mass is 10.1. The molecule has 1 rings (SSSR count). The number of hydrogen-bond donors (Lipinski definition) is 1. The Balaban J connectivity index is 2.40. The van der Waals surface area contributed by atoms with E-state index < -0.39 is 11.7 Å². The van der Waals surface area contributed by atoms with Crippen molar-refractivity contribution in [3.05, 3.63) is 40.9 Å². The van der Waals surface area contributed by atoms with Crippen LogP contribution in [-0.2, 0) is 11.2 Å². The summed E-state index contributed by atoms with van der Waals surface area (Å²) in [6.45, 7) is 5.87. The maximum Gasteiger partial charge on any atom is 0.407 e. The Labute approximate surface area is 137 Å². The molecule has 1 N–H and O–H groups in total. The number of halogens is 1. The van der Waals surface area contributed by atoms with E-state index >= 15 is 0 Å². The second-order valence-electron chi connectivity index (χ2n) is 5.97. The van der Waals surface area contributed by atoms with E-state index in [2.05, 4.69) is 5.32 Å². The number of ether oxygens (including phenoxy) is 2. The van der Waals surface area contributed by atoms with Gasteiger partial charge in [-0.15, -0.1) is 0 Å². The van der Waals surface area contributed by atoms with Gasteiger partial charge in [0, 0.05) is 12.1 Å². The van der Waals surface area contributed by atoms with Gasteiger partial charge in [0.2, 0.25) is 0 Å². The monoisotopic (exact) mass is 325 g/mol. The van der Waals surface area contributed by atoms with Crippen molar-refractivity contribution in [1.82, 2.24) is 5.32 Å². The van der Waals surface area contributed by atoms with Gasteiger partial charge < -0.3 is 14.8 Å². The largest absolute Gasteiger partial charge is 0.497 e. The zero-order valence-corrected chi connectivity index (χ0v) is 14.4. The Morgan fingerprint density at radius 3 is 2.41 bits per heavy atom. The molecule has 0 radical (unpaired) electrons. The minimum atomic E-state index is -0.502. The van der Waals surface area contributed by atoms with Crippen LogP contribution in [0.15, 0.2) is 35.4 Å². The number of methoxy groups -OCH3 is 1. The van der Waals surface area contributed by atoms with Gasteiger partial charge in [0.05, 0.1) is 7.11 Å². The van der Waals surface area contributed by atoms with E-state index in [1.807, 2.05) is 45.0 Å². The van der Waals surface area contributed by atoms with Crippen molar-refractivity contribution in [2.75, 3.05) is 13.7 Å². The SMILES string of the molecule is COc1ccc(CC/C(=C/Cl)CNC(=O)OC(C)(C)C)cc1. The Bertz CT molecular complexity index is 504. The Morgan fingerprint density at radius 1 is 1.27 bits per heavy atom. The van der Waals surface area contributed by atoms with Crippen LogP contribution in [0, 0.1) is 0 Å². The quantitative estimate of drug-likeness (QED) is 0.849. The number of carbonyl (C=O) groups is 1. The van der Waals surface area contributed by atoms with Crippen LogP contribution in [0.5, 0.6) is 5.75 Å². The van der Waals surface area contributed by atoms with Gasteiger partial charge in [-0.1, -0.05) is 23.7 Å². The molecule has 0 aromatic heterocycles. The zero-order valence-electron chi connectivity index (χ0n) is 13.6. The van der Waals surface area contributed by atoms with Crippen molar-refractivity contribution in [3.63, 3.8) is 0 Å². The van der Waals surface area contributed by atoms with Gasteiger partial charge >= 0.3 is 6.09 Å². The molecule has 1 aromatic rings. The van der Waals surface area contributed by atoms with Gasteiger partial charge in [0.25, 0.3) is 0 Å². The molecule has 0 fully saturated rings. The zero-order chi connectivity index (χ0) is 16.6. The third-order valence-electron chi connectivity index (χ3n) is 2.91. The van der Waals surface area contributed by atoms with Gasteiger partial charge in [-0.3, -0.25) is 0 Å². The number of alkyl carbamates (subject to hydrolysis) is 1. The number of aryl methyl sites for hydroxylation is 1. The fourth-order valence-electron chi connectivity index (χ4n) is 1.78. The first kappa shape index (κ1) is 18.4. The fourth-order valence-corrected chi connectivity index (χ4v) is 1.96. The van der Waals surface area contributed by atoms with Crippen molar-refractivity contribution < 1.29 is 14.3 Å². The number of rotatable bonds is 6. The highest BCUT2D eigenvalue weighted by Gasteiger charge is 2.15. The highest BCUT2D eigenvalue weighted by atomic mass is 35.5. The van der Waals surface area contributed by atoms with Crippen molar-refractivity contribution in [2.45, 2.75) is 39.2 Å². The van der Waals surface area contributed by atoms with Crippen LogP contribution < -0.4 is 10.1 Å². The average molecular weight is 326 g/mol. The van der Waals surface area contributed by atoms with Crippen LogP contribution in [0.1, 0.15) is 32.8 Å². The standard InChI is InChI=1S/C17H24ClNO3/c1-17(2,3)22-16(20)19-12-14(11-18)6-5-13-7-9-15(21-4)10-8-13/h7-11H,5-6,12H2,1-4H3,(H,19,20)/b14-11-. The molecular formula is C17H24ClNO3. The number of benzene rings is 1. The number of amides is 1. The third kappa shape index (κ3) is 7.36. The molecule has 0 aliphatic rings. The highest BCUT2D eigenvalue weighted by molar-refractivity contribution is 6.25. The lowest BCUT2D eigenvalue weighted by Gasteiger charge is -2.20. The summed E-state index contributed by atoms with van der Waals surface area (Å²) in [6, 6.07) is 7.90. The van der Waals surface area contributed by atoms with Gasteiger partial charge in [0.15, 0.2) is 0 Å². The number of hydrogen-bond acceptors (Lipinski definition) is 3. The fraction of sp³-hybridized carbons (Fsp3) is 0.471. The van der Waals surface area contributed by atoms with Crippen LogP contribution in [0.25, 0.3) is 0 Å². The molecule has 0 atom stereocenters. The molecule has 4 nitrogen and oxygen atoms in total. The molecule has 0 aliphatic carbocycles. The van der Waals surface area contributed by atoms with E-state index in [-0.39, 0.29) is 0 Å². The lowest BCUT2D eigenvalue weighted by molar-refractivity contribution is 0.0532. The molecule has 0 aliphatic heterocycles.